The molecule has 0 fully saturated rings. The fraction of sp³-hybridized carbons (Fsp3) is 0.222. The zero-order valence-electron chi connectivity index (χ0n) is 13.2. The Balaban J connectivity index is 2.04. The lowest BCUT2D eigenvalue weighted by Crippen LogP contribution is -2.19. The number of carbonyl (C=O) groups is 2. The molecule has 2 amide bonds. The van der Waals surface area contributed by atoms with Crippen molar-refractivity contribution in [3.63, 3.8) is 0 Å². The largest absolute Gasteiger partial charge is 0.323 e. The number of nitrogens with one attached hydrogen (secondary N) is 2. The molecule has 0 bridgehead atoms. The van der Waals surface area contributed by atoms with Gasteiger partial charge in [-0.15, -0.1) is 0 Å². The predicted molar refractivity (Wildman–Crippen MR) is 89.2 cm³/mol. The Kier molecular flexibility index (Phi) is 5.46. The van der Waals surface area contributed by atoms with Crippen LogP contribution in [-0.4, -0.2) is 11.8 Å². The molecule has 0 atom stereocenters. The maximum Gasteiger partial charge on any atom is 0.323 e. The Labute approximate surface area is 134 Å². The van der Waals surface area contributed by atoms with Gasteiger partial charge >= 0.3 is 6.03 Å². The molecule has 0 aliphatic rings. The highest BCUT2D eigenvalue weighted by atomic mass is 19.1. The summed E-state index contributed by atoms with van der Waals surface area (Å²) in [5.74, 6) is -0.208. The van der Waals surface area contributed by atoms with Crippen LogP contribution in [0.4, 0.5) is 20.6 Å². The molecule has 0 saturated carbocycles. The smallest absolute Gasteiger partial charge is 0.308 e. The van der Waals surface area contributed by atoms with Crippen molar-refractivity contribution in [3.8, 4) is 0 Å². The Morgan fingerprint density at radius 1 is 1.00 bits per heavy atom. The summed E-state index contributed by atoms with van der Waals surface area (Å²) in [6.07, 6.45) is 0.847. The maximum atomic E-state index is 12.8. The molecule has 120 valence electrons. The summed E-state index contributed by atoms with van der Waals surface area (Å²) in [5.41, 5.74) is 3.01. The highest BCUT2D eigenvalue weighted by Crippen LogP contribution is 2.17. The van der Waals surface area contributed by atoms with Crippen LogP contribution in [0.25, 0.3) is 0 Å². The third-order valence-electron chi connectivity index (χ3n) is 3.49. The van der Waals surface area contributed by atoms with E-state index in [0.717, 1.165) is 11.1 Å². The Morgan fingerprint density at radius 2 is 1.61 bits per heavy atom. The third kappa shape index (κ3) is 4.92. The van der Waals surface area contributed by atoms with E-state index in [1.165, 1.54) is 24.3 Å². The first-order valence-electron chi connectivity index (χ1n) is 7.42. The maximum absolute atomic E-state index is 12.8. The second-order valence-electron chi connectivity index (χ2n) is 5.30. The van der Waals surface area contributed by atoms with E-state index in [2.05, 4.69) is 10.6 Å². The molecule has 2 rings (SSSR count). The summed E-state index contributed by atoms with van der Waals surface area (Å²) in [5, 5.41) is 5.33. The van der Waals surface area contributed by atoms with Crippen molar-refractivity contribution in [2.24, 2.45) is 0 Å². The van der Waals surface area contributed by atoms with E-state index in [1.54, 1.807) is 12.1 Å². The second kappa shape index (κ2) is 7.54. The summed E-state index contributed by atoms with van der Waals surface area (Å²) in [6, 6.07) is 10.5. The van der Waals surface area contributed by atoms with E-state index in [1.807, 2.05) is 19.9 Å². The number of Topliss-reactive ketones (excluding diaryl/α,β-unsaturated/α-hetero) is 1. The molecule has 23 heavy (non-hydrogen) atoms. The first kappa shape index (κ1) is 16.7. The monoisotopic (exact) mass is 314 g/mol. The Bertz CT molecular complexity index is 711. The standard InChI is InChI=1S/C18H19FN2O2/c1-3-17(22)11-13-10-16(7-4-12(13)2)21-18(23)20-15-8-5-14(19)6-9-15/h4-10H,3,11H2,1-2H3,(H2,20,21,23). The highest BCUT2D eigenvalue weighted by Gasteiger charge is 2.08. The van der Waals surface area contributed by atoms with Crippen LogP contribution in [0.5, 0.6) is 0 Å². The molecule has 0 aliphatic carbocycles. The van der Waals surface area contributed by atoms with Gasteiger partial charge in [0.05, 0.1) is 0 Å². The molecule has 0 unspecified atom stereocenters. The predicted octanol–water partition coefficient (Wildman–Crippen LogP) is 4.30. The summed E-state index contributed by atoms with van der Waals surface area (Å²) >= 11 is 0. The van der Waals surface area contributed by atoms with Crippen molar-refractivity contribution in [3.05, 3.63) is 59.4 Å². The van der Waals surface area contributed by atoms with Crippen LogP contribution in [0.2, 0.25) is 0 Å². The minimum Gasteiger partial charge on any atom is -0.308 e. The van der Waals surface area contributed by atoms with Gasteiger partial charge in [0, 0.05) is 24.2 Å². The molecule has 0 saturated heterocycles. The molecule has 5 heteroatoms. The van der Waals surface area contributed by atoms with Crippen LogP contribution in [0.3, 0.4) is 0 Å². The van der Waals surface area contributed by atoms with Gasteiger partial charge in [-0.1, -0.05) is 13.0 Å². The topological polar surface area (TPSA) is 58.2 Å². The zero-order chi connectivity index (χ0) is 16.8. The van der Waals surface area contributed by atoms with Gasteiger partial charge in [-0.3, -0.25) is 4.79 Å². The second-order valence-corrected chi connectivity index (χ2v) is 5.30. The molecule has 0 aromatic heterocycles. The number of rotatable bonds is 5. The van der Waals surface area contributed by atoms with Crippen molar-refractivity contribution < 1.29 is 14.0 Å². The molecular formula is C18H19FN2O2. The van der Waals surface area contributed by atoms with E-state index in [-0.39, 0.29) is 11.6 Å². The number of hydrogen-bond acceptors (Lipinski definition) is 2. The first-order valence-corrected chi connectivity index (χ1v) is 7.42. The zero-order valence-corrected chi connectivity index (χ0v) is 13.2. The van der Waals surface area contributed by atoms with Crippen molar-refractivity contribution in [1.29, 1.82) is 0 Å². The van der Waals surface area contributed by atoms with Crippen LogP contribution in [0, 0.1) is 12.7 Å². The van der Waals surface area contributed by atoms with E-state index in [4.69, 9.17) is 0 Å². The van der Waals surface area contributed by atoms with Crippen molar-refractivity contribution in [1.82, 2.24) is 0 Å². The third-order valence-corrected chi connectivity index (χ3v) is 3.49. The van der Waals surface area contributed by atoms with Gasteiger partial charge in [-0.2, -0.15) is 0 Å². The van der Waals surface area contributed by atoms with E-state index < -0.39 is 6.03 Å². The average molecular weight is 314 g/mol. The van der Waals surface area contributed by atoms with E-state index >= 15 is 0 Å². The van der Waals surface area contributed by atoms with Crippen LogP contribution in [0.1, 0.15) is 24.5 Å². The number of halogens is 1. The molecule has 4 nitrogen and oxygen atoms in total. The summed E-state index contributed by atoms with van der Waals surface area (Å²) in [7, 11) is 0. The molecule has 0 aliphatic heterocycles. The number of carbonyl (C=O) groups excluding carboxylic acids is 2. The van der Waals surface area contributed by atoms with Crippen molar-refractivity contribution in [2.75, 3.05) is 10.6 Å². The number of urea groups is 1. The average Bonchev–Trinajstić information content (AvgIpc) is 2.52. The number of anilines is 2. The lowest BCUT2D eigenvalue weighted by atomic mass is 10.0. The van der Waals surface area contributed by atoms with Gasteiger partial charge in [-0.05, 0) is 54.4 Å². The summed E-state index contributed by atoms with van der Waals surface area (Å²) in [4.78, 5) is 23.6. The van der Waals surface area contributed by atoms with Gasteiger partial charge in [0.15, 0.2) is 0 Å². The summed E-state index contributed by atoms with van der Waals surface area (Å²) < 4.78 is 12.8. The van der Waals surface area contributed by atoms with Crippen LogP contribution in [-0.2, 0) is 11.2 Å². The fourth-order valence-corrected chi connectivity index (χ4v) is 2.10. The van der Waals surface area contributed by atoms with Crippen LogP contribution >= 0.6 is 0 Å². The number of hydrogen-bond donors (Lipinski definition) is 2. The molecule has 2 aromatic carbocycles. The molecule has 0 radical (unpaired) electrons. The molecule has 2 N–H and O–H groups in total. The minimum absolute atomic E-state index is 0.154. The van der Waals surface area contributed by atoms with Gasteiger partial charge in [0.25, 0.3) is 0 Å². The lowest BCUT2D eigenvalue weighted by Gasteiger charge is -2.11. The Morgan fingerprint density at radius 3 is 2.26 bits per heavy atom. The number of amides is 2. The molecule has 2 aromatic rings. The van der Waals surface area contributed by atoms with Crippen LogP contribution < -0.4 is 10.6 Å². The van der Waals surface area contributed by atoms with Gasteiger partial charge < -0.3 is 10.6 Å². The van der Waals surface area contributed by atoms with Crippen molar-refractivity contribution >= 4 is 23.2 Å². The highest BCUT2D eigenvalue weighted by molar-refractivity contribution is 5.99. The molecule has 0 heterocycles. The molecule has 0 spiro atoms. The van der Waals surface area contributed by atoms with E-state index in [9.17, 15) is 14.0 Å². The lowest BCUT2D eigenvalue weighted by molar-refractivity contribution is -0.118. The van der Waals surface area contributed by atoms with Gasteiger partial charge in [0.2, 0.25) is 0 Å². The van der Waals surface area contributed by atoms with Crippen LogP contribution in [0.15, 0.2) is 42.5 Å². The van der Waals surface area contributed by atoms with Gasteiger partial charge in [0.1, 0.15) is 11.6 Å². The van der Waals surface area contributed by atoms with Gasteiger partial charge in [-0.25, -0.2) is 9.18 Å². The SMILES string of the molecule is CCC(=O)Cc1cc(NC(=O)Nc2ccc(F)cc2)ccc1C. The normalized spacial score (nSPS) is 10.2. The van der Waals surface area contributed by atoms with E-state index in [0.29, 0.717) is 24.2 Å². The van der Waals surface area contributed by atoms with Crippen molar-refractivity contribution in [2.45, 2.75) is 26.7 Å². The quantitative estimate of drug-likeness (QED) is 0.864. The number of benzene rings is 2. The number of ketones is 1. The number of aryl methyl sites for hydroxylation is 1. The summed E-state index contributed by atoms with van der Waals surface area (Å²) in [6.45, 7) is 3.76. The Hall–Kier alpha value is -2.69. The fourth-order valence-electron chi connectivity index (χ4n) is 2.10. The first-order chi connectivity index (χ1) is 11.0. The minimum atomic E-state index is -0.423. The molecular weight excluding hydrogens is 295 g/mol.